The molecule has 0 atom stereocenters. The molecule has 2 aromatic heterocycles. The molecule has 24 heavy (non-hydrogen) atoms. The van der Waals surface area contributed by atoms with Crippen molar-refractivity contribution in [2.75, 3.05) is 5.32 Å². The highest BCUT2D eigenvalue weighted by Crippen LogP contribution is 2.48. The van der Waals surface area contributed by atoms with E-state index < -0.39 is 17.7 Å². The van der Waals surface area contributed by atoms with E-state index >= 15 is 0 Å². The number of nitrogens with zero attached hydrogens (tertiary/aromatic N) is 2. The number of amides is 1. The van der Waals surface area contributed by atoms with Gasteiger partial charge >= 0.3 is 0 Å². The molecule has 6 nitrogen and oxygen atoms in total. The van der Waals surface area contributed by atoms with Crippen molar-refractivity contribution in [2.45, 2.75) is 56.9 Å². The SMILES string of the molecule is Cc1oc2nc(C3CC(F)(F)C3)nc(NC3(C)CC3)c2c1C(N)=O. The summed E-state index contributed by atoms with van der Waals surface area (Å²) < 4.78 is 31.9. The summed E-state index contributed by atoms with van der Waals surface area (Å²) in [5.41, 5.74) is 5.81. The zero-order valence-corrected chi connectivity index (χ0v) is 13.4. The maximum atomic E-state index is 13.2. The molecule has 0 aliphatic heterocycles. The number of hydrogen-bond acceptors (Lipinski definition) is 5. The standard InChI is InChI=1S/C16H18F2N4O2/c1-7-9(11(19)23)10-13(22-15(2)3-4-15)20-12(21-14(10)24-7)8-5-16(17,18)6-8/h8H,3-6H2,1-2H3,(H2,19,23)(H,20,21,22). The molecule has 0 aromatic carbocycles. The van der Waals surface area contributed by atoms with Crippen LogP contribution in [-0.2, 0) is 0 Å². The lowest BCUT2D eigenvalue weighted by Gasteiger charge is -2.33. The third-order valence-corrected chi connectivity index (χ3v) is 4.87. The van der Waals surface area contributed by atoms with Crippen LogP contribution in [0.1, 0.15) is 60.5 Å². The van der Waals surface area contributed by atoms with Crippen molar-refractivity contribution in [1.29, 1.82) is 0 Å². The fourth-order valence-corrected chi connectivity index (χ4v) is 3.14. The molecule has 4 rings (SSSR count). The molecule has 128 valence electrons. The van der Waals surface area contributed by atoms with E-state index in [1.54, 1.807) is 6.92 Å². The van der Waals surface area contributed by atoms with E-state index in [2.05, 4.69) is 15.3 Å². The van der Waals surface area contributed by atoms with Gasteiger partial charge in [-0.05, 0) is 26.7 Å². The van der Waals surface area contributed by atoms with Gasteiger partial charge in [-0.3, -0.25) is 4.79 Å². The summed E-state index contributed by atoms with van der Waals surface area (Å²) in [5.74, 6) is -2.56. The quantitative estimate of drug-likeness (QED) is 0.895. The predicted octanol–water partition coefficient (Wildman–Crippen LogP) is 3.11. The Kier molecular flexibility index (Phi) is 2.96. The molecule has 0 spiro atoms. The van der Waals surface area contributed by atoms with Crippen molar-refractivity contribution in [3.63, 3.8) is 0 Å². The Morgan fingerprint density at radius 2 is 2.00 bits per heavy atom. The molecule has 2 aliphatic rings. The van der Waals surface area contributed by atoms with Crippen LogP contribution in [0.4, 0.5) is 14.6 Å². The molecule has 2 heterocycles. The Bertz CT molecular complexity index is 849. The van der Waals surface area contributed by atoms with Crippen LogP contribution in [0.5, 0.6) is 0 Å². The van der Waals surface area contributed by atoms with Crippen molar-refractivity contribution < 1.29 is 18.0 Å². The monoisotopic (exact) mass is 336 g/mol. The lowest BCUT2D eigenvalue weighted by Crippen LogP contribution is -2.35. The number of anilines is 1. The van der Waals surface area contributed by atoms with Crippen LogP contribution in [-0.4, -0.2) is 27.3 Å². The Morgan fingerprint density at radius 3 is 2.54 bits per heavy atom. The molecule has 8 heteroatoms. The second-order valence-corrected chi connectivity index (χ2v) is 7.15. The minimum Gasteiger partial charge on any atom is -0.442 e. The Morgan fingerprint density at radius 1 is 1.33 bits per heavy atom. The van der Waals surface area contributed by atoms with E-state index in [1.807, 2.05) is 6.92 Å². The number of primary amides is 1. The van der Waals surface area contributed by atoms with E-state index in [1.165, 1.54) is 0 Å². The summed E-state index contributed by atoms with van der Waals surface area (Å²) in [6.07, 6.45) is 1.41. The van der Waals surface area contributed by atoms with E-state index in [4.69, 9.17) is 10.2 Å². The van der Waals surface area contributed by atoms with E-state index in [-0.39, 0.29) is 29.7 Å². The second-order valence-electron chi connectivity index (χ2n) is 7.15. The molecule has 0 saturated heterocycles. The molecule has 0 unspecified atom stereocenters. The van der Waals surface area contributed by atoms with Gasteiger partial charge in [0, 0.05) is 24.3 Å². The first-order valence-corrected chi connectivity index (χ1v) is 7.94. The molecule has 1 amide bonds. The van der Waals surface area contributed by atoms with Gasteiger partial charge in [-0.1, -0.05) is 0 Å². The highest BCUT2D eigenvalue weighted by atomic mass is 19.3. The summed E-state index contributed by atoms with van der Waals surface area (Å²) in [6, 6.07) is 0. The second kappa shape index (κ2) is 4.64. The number of alkyl halides is 2. The number of carbonyl (C=O) groups is 1. The van der Waals surface area contributed by atoms with Crippen LogP contribution < -0.4 is 11.1 Å². The van der Waals surface area contributed by atoms with Gasteiger partial charge in [-0.15, -0.1) is 0 Å². The number of hydrogen-bond donors (Lipinski definition) is 2. The van der Waals surface area contributed by atoms with Crippen LogP contribution >= 0.6 is 0 Å². The van der Waals surface area contributed by atoms with Crippen molar-refractivity contribution in [1.82, 2.24) is 9.97 Å². The number of furan rings is 1. The van der Waals surface area contributed by atoms with Crippen molar-refractivity contribution >= 4 is 22.8 Å². The van der Waals surface area contributed by atoms with Crippen molar-refractivity contribution in [2.24, 2.45) is 5.73 Å². The van der Waals surface area contributed by atoms with Gasteiger partial charge in [0.15, 0.2) is 0 Å². The number of nitrogens with one attached hydrogen (secondary N) is 1. The zero-order valence-electron chi connectivity index (χ0n) is 13.4. The highest BCUT2D eigenvalue weighted by molar-refractivity contribution is 6.09. The normalized spacial score (nSPS) is 21.5. The number of aryl methyl sites for hydroxylation is 1. The molecule has 2 saturated carbocycles. The molecule has 3 N–H and O–H groups in total. The summed E-state index contributed by atoms with van der Waals surface area (Å²) >= 11 is 0. The predicted molar refractivity (Wildman–Crippen MR) is 83.2 cm³/mol. The number of rotatable bonds is 4. The van der Waals surface area contributed by atoms with Gasteiger partial charge in [0.2, 0.25) is 11.6 Å². The van der Waals surface area contributed by atoms with Gasteiger partial charge in [-0.2, -0.15) is 4.98 Å². The minimum absolute atomic E-state index is 0.109. The fourth-order valence-electron chi connectivity index (χ4n) is 3.14. The van der Waals surface area contributed by atoms with Crippen LogP contribution in [0.15, 0.2) is 4.42 Å². The number of fused-ring (bicyclic) bond motifs is 1. The zero-order chi connectivity index (χ0) is 17.3. The van der Waals surface area contributed by atoms with E-state index in [0.717, 1.165) is 12.8 Å². The van der Waals surface area contributed by atoms with Gasteiger partial charge < -0.3 is 15.5 Å². The van der Waals surface area contributed by atoms with Crippen LogP contribution in [0, 0.1) is 6.92 Å². The molecule has 2 fully saturated rings. The van der Waals surface area contributed by atoms with Gasteiger partial charge in [-0.25, -0.2) is 13.8 Å². The third kappa shape index (κ3) is 2.40. The molecule has 0 radical (unpaired) electrons. The largest absolute Gasteiger partial charge is 0.442 e. The first kappa shape index (κ1) is 15.3. The van der Waals surface area contributed by atoms with Gasteiger partial charge in [0.05, 0.1) is 10.9 Å². The Hall–Kier alpha value is -2.25. The van der Waals surface area contributed by atoms with E-state index in [9.17, 15) is 13.6 Å². The molecule has 2 aromatic rings. The maximum absolute atomic E-state index is 13.2. The van der Waals surface area contributed by atoms with Gasteiger partial charge in [0.25, 0.3) is 5.91 Å². The summed E-state index contributed by atoms with van der Waals surface area (Å²) in [7, 11) is 0. The van der Waals surface area contributed by atoms with Crippen LogP contribution in [0.3, 0.4) is 0 Å². The third-order valence-electron chi connectivity index (χ3n) is 4.87. The highest BCUT2D eigenvalue weighted by Gasteiger charge is 2.48. The maximum Gasteiger partial charge on any atom is 0.253 e. The summed E-state index contributed by atoms with van der Waals surface area (Å²) in [4.78, 5) is 20.5. The lowest BCUT2D eigenvalue weighted by atomic mass is 9.81. The molecular formula is C16H18F2N4O2. The summed E-state index contributed by atoms with van der Waals surface area (Å²) in [6.45, 7) is 3.66. The van der Waals surface area contributed by atoms with Crippen LogP contribution in [0.2, 0.25) is 0 Å². The Labute approximate surface area is 136 Å². The van der Waals surface area contributed by atoms with Crippen molar-refractivity contribution in [3.8, 4) is 0 Å². The summed E-state index contributed by atoms with van der Waals surface area (Å²) in [5, 5.41) is 3.73. The van der Waals surface area contributed by atoms with Gasteiger partial charge in [0.1, 0.15) is 17.4 Å². The molecule has 0 bridgehead atoms. The number of halogens is 2. The average molecular weight is 336 g/mol. The topological polar surface area (TPSA) is 94.0 Å². The first-order chi connectivity index (χ1) is 11.2. The number of nitrogens with two attached hydrogens (primary N) is 1. The first-order valence-electron chi connectivity index (χ1n) is 7.94. The van der Waals surface area contributed by atoms with Crippen molar-refractivity contribution in [3.05, 3.63) is 17.1 Å². The smallest absolute Gasteiger partial charge is 0.253 e. The Balaban J connectivity index is 1.84. The average Bonchev–Trinajstić information content (AvgIpc) is 3.05. The number of aromatic nitrogens is 2. The fraction of sp³-hybridized carbons (Fsp3) is 0.562. The molecular weight excluding hydrogens is 318 g/mol. The number of carbonyl (C=O) groups excluding carboxylic acids is 1. The minimum atomic E-state index is -2.66. The lowest BCUT2D eigenvalue weighted by molar-refractivity contribution is -0.0884. The molecule has 2 aliphatic carbocycles. The van der Waals surface area contributed by atoms with Crippen LogP contribution in [0.25, 0.3) is 11.1 Å². The van der Waals surface area contributed by atoms with E-state index in [0.29, 0.717) is 22.8 Å².